The Kier molecular flexibility index (Phi) is 7.38. The summed E-state index contributed by atoms with van der Waals surface area (Å²) >= 11 is 6.17. The molecule has 2 aliphatic heterocycles. The quantitative estimate of drug-likeness (QED) is 0.580. The van der Waals surface area contributed by atoms with E-state index in [2.05, 4.69) is 47.2 Å². The predicted molar refractivity (Wildman–Crippen MR) is 140 cm³/mol. The lowest BCUT2D eigenvalue weighted by atomic mass is 9.74. The number of aliphatic hydroxyl groups is 1. The monoisotopic (exact) mass is 482 g/mol. The van der Waals surface area contributed by atoms with Crippen molar-refractivity contribution >= 4 is 17.3 Å². The van der Waals surface area contributed by atoms with E-state index >= 15 is 0 Å². The van der Waals surface area contributed by atoms with Crippen LogP contribution < -0.4 is 9.64 Å². The second-order valence-electron chi connectivity index (χ2n) is 10.7. The van der Waals surface area contributed by atoms with E-state index < -0.39 is 0 Å². The smallest absolute Gasteiger partial charge is 0.120 e. The summed E-state index contributed by atoms with van der Waals surface area (Å²) < 4.78 is 5.57. The average Bonchev–Trinajstić information content (AvgIpc) is 3.63. The molecule has 2 heterocycles. The van der Waals surface area contributed by atoms with Crippen molar-refractivity contribution < 1.29 is 9.84 Å². The minimum Gasteiger partial charge on any atom is -0.497 e. The molecule has 1 saturated carbocycles. The summed E-state index contributed by atoms with van der Waals surface area (Å²) in [5.74, 6) is 2.90. The van der Waals surface area contributed by atoms with Gasteiger partial charge in [-0.25, -0.2) is 0 Å². The van der Waals surface area contributed by atoms with E-state index in [0.717, 1.165) is 42.5 Å². The average molecular weight is 483 g/mol. The number of aliphatic hydroxyl groups excluding tert-OH is 1. The summed E-state index contributed by atoms with van der Waals surface area (Å²) in [6.07, 6.45) is 7.28. The number of hydrogen-bond donors (Lipinski definition) is 1. The van der Waals surface area contributed by atoms with Gasteiger partial charge in [-0.1, -0.05) is 29.8 Å². The summed E-state index contributed by atoms with van der Waals surface area (Å²) in [5.41, 5.74) is 4.01. The van der Waals surface area contributed by atoms with Crippen LogP contribution in [-0.4, -0.2) is 56.4 Å². The van der Waals surface area contributed by atoms with Gasteiger partial charge in [-0.2, -0.15) is 0 Å². The zero-order chi connectivity index (χ0) is 23.7. The van der Waals surface area contributed by atoms with Crippen molar-refractivity contribution in [1.29, 1.82) is 0 Å². The highest BCUT2D eigenvalue weighted by Gasteiger charge is 2.44. The van der Waals surface area contributed by atoms with Crippen molar-refractivity contribution in [3.05, 3.63) is 58.6 Å². The topological polar surface area (TPSA) is 35.9 Å². The van der Waals surface area contributed by atoms with Gasteiger partial charge in [-0.15, -0.1) is 0 Å². The molecular formula is C29H39ClN2O2. The molecule has 0 aromatic heterocycles. The molecule has 0 bridgehead atoms. The highest BCUT2D eigenvalue weighted by Crippen LogP contribution is 2.48. The standard InChI is InChI=1S/C29H39ClN2O2/c1-31-28-17-24(34-2)11-12-25(28)26-13-15-32(18-21-5-6-21)14-3-4-22(27(19-33)29(26)31)16-20-7-9-23(30)10-8-20/h7-12,17,21-22,26-27,29,33H,3-6,13-16,18-19H2,1-2H3. The number of nitrogens with zero attached hydrogens (tertiary/aromatic N) is 2. The minimum absolute atomic E-state index is 0.221. The predicted octanol–water partition coefficient (Wildman–Crippen LogP) is 5.61. The Morgan fingerprint density at radius 2 is 1.82 bits per heavy atom. The number of rotatable bonds is 6. The Labute approximate surface area is 209 Å². The third kappa shape index (κ3) is 5.10. The minimum atomic E-state index is 0.221. The first-order valence-electron chi connectivity index (χ1n) is 13.1. The first kappa shape index (κ1) is 24.0. The highest BCUT2D eigenvalue weighted by molar-refractivity contribution is 6.30. The SMILES string of the molecule is COc1ccc2c(c1)N(C)C1C2CCN(CC2CC2)CCCC(Cc2ccc(Cl)cc2)C1CO. The van der Waals surface area contributed by atoms with Gasteiger partial charge in [-0.3, -0.25) is 0 Å². The van der Waals surface area contributed by atoms with Gasteiger partial charge < -0.3 is 19.6 Å². The van der Waals surface area contributed by atoms with Gasteiger partial charge >= 0.3 is 0 Å². The maximum absolute atomic E-state index is 10.8. The number of ether oxygens (including phenoxy) is 1. The summed E-state index contributed by atoms with van der Waals surface area (Å²) in [5, 5.41) is 11.6. The third-order valence-electron chi connectivity index (χ3n) is 8.56. The number of anilines is 1. The molecule has 5 rings (SSSR count). The number of likely N-dealkylation sites (N-methyl/N-ethyl adjacent to an activating group) is 1. The molecule has 1 N–H and O–H groups in total. The van der Waals surface area contributed by atoms with Crippen LogP contribution >= 0.6 is 11.6 Å². The third-order valence-corrected chi connectivity index (χ3v) is 8.81. The van der Waals surface area contributed by atoms with Crippen LogP contribution in [-0.2, 0) is 6.42 Å². The lowest BCUT2D eigenvalue weighted by molar-refractivity contribution is 0.118. The van der Waals surface area contributed by atoms with Crippen LogP contribution in [0.3, 0.4) is 0 Å². The molecule has 1 aliphatic carbocycles. The van der Waals surface area contributed by atoms with Gasteiger partial charge in [0.15, 0.2) is 0 Å². The van der Waals surface area contributed by atoms with Crippen LogP contribution in [0, 0.1) is 17.8 Å². The molecule has 1 saturated heterocycles. The summed E-state index contributed by atoms with van der Waals surface area (Å²) in [6, 6.07) is 15.2. The fourth-order valence-corrected chi connectivity index (χ4v) is 6.71. The molecule has 5 heteroatoms. The molecule has 3 aliphatic rings. The molecule has 2 fully saturated rings. The van der Waals surface area contributed by atoms with Crippen LogP contribution in [0.1, 0.15) is 49.1 Å². The maximum Gasteiger partial charge on any atom is 0.120 e. The van der Waals surface area contributed by atoms with E-state index in [9.17, 15) is 5.11 Å². The first-order chi connectivity index (χ1) is 16.6. The Morgan fingerprint density at radius 3 is 2.53 bits per heavy atom. The normalized spacial score (nSPS) is 27.8. The van der Waals surface area contributed by atoms with Crippen molar-refractivity contribution in [1.82, 2.24) is 4.90 Å². The van der Waals surface area contributed by atoms with Gasteiger partial charge in [0.2, 0.25) is 0 Å². The molecule has 184 valence electrons. The number of fused-ring (bicyclic) bond motifs is 3. The maximum atomic E-state index is 10.8. The molecule has 2 aromatic rings. The molecule has 4 unspecified atom stereocenters. The fourth-order valence-electron chi connectivity index (χ4n) is 6.58. The number of methoxy groups -OCH3 is 1. The van der Waals surface area contributed by atoms with Gasteiger partial charge in [-0.05, 0) is 92.8 Å². The van der Waals surface area contributed by atoms with Crippen molar-refractivity contribution in [2.45, 2.75) is 50.5 Å². The van der Waals surface area contributed by atoms with Crippen molar-refractivity contribution in [2.24, 2.45) is 17.8 Å². The molecule has 2 aromatic carbocycles. The van der Waals surface area contributed by atoms with Gasteiger partial charge in [0, 0.05) is 54.9 Å². The number of hydrogen-bond acceptors (Lipinski definition) is 4. The molecule has 4 nitrogen and oxygen atoms in total. The van der Waals surface area contributed by atoms with Crippen LogP contribution in [0.25, 0.3) is 0 Å². The first-order valence-corrected chi connectivity index (χ1v) is 13.4. The summed E-state index contributed by atoms with van der Waals surface area (Å²) in [7, 11) is 3.96. The van der Waals surface area contributed by atoms with Crippen molar-refractivity contribution in [3.8, 4) is 5.75 Å². The zero-order valence-electron chi connectivity index (χ0n) is 20.6. The van der Waals surface area contributed by atoms with E-state index in [1.54, 1.807) is 7.11 Å². The molecule has 4 atom stereocenters. The van der Waals surface area contributed by atoms with Gasteiger partial charge in [0.05, 0.1) is 7.11 Å². The fraction of sp³-hybridized carbons (Fsp3) is 0.586. The lowest BCUT2D eigenvalue weighted by Gasteiger charge is -2.40. The van der Waals surface area contributed by atoms with E-state index in [1.807, 2.05) is 12.1 Å². The zero-order valence-corrected chi connectivity index (χ0v) is 21.4. The van der Waals surface area contributed by atoms with E-state index in [0.29, 0.717) is 17.9 Å². The molecule has 0 amide bonds. The molecular weight excluding hydrogens is 444 g/mol. The van der Waals surface area contributed by atoms with Gasteiger partial charge in [0.1, 0.15) is 5.75 Å². The van der Waals surface area contributed by atoms with Crippen LogP contribution in [0.2, 0.25) is 5.02 Å². The largest absolute Gasteiger partial charge is 0.497 e. The Morgan fingerprint density at radius 1 is 1.03 bits per heavy atom. The summed E-state index contributed by atoms with van der Waals surface area (Å²) in [6.45, 7) is 3.81. The molecule has 34 heavy (non-hydrogen) atoms. The Bertz CT molecular complexity index is 961. The van der Waals surface area contributed by atoms with Gasteiger partial charge in [0.25, 0.3) is 0 Å². The number of benzene rings is 2. The lowest BCUT2D eigenvalue weighted by Crippen LogP contribution is -2.45. The van der Waals surface area contributed by atoms with Crippen molar-refractivity contribution in [2.75, 3.05) is 45.3 Å². The Balaban J connectivity index is 1.47. The van der Waals surface area contributed by atoms with Crippen LogP contribution in [0.15, 0.2) is 42.5 Å². The van der Waals surface area contributed by atoms with E-state index in [-0.39, 0.29) is 12.5 Å². The summed E-state index contributed by atoms with van der Waals surface area (Å²) in [4.78, 5) is 5.18. The second-order valence-corrected chi connectivity index (χ2v) is 11.2. The van der Waals surface area contributed by atoms with Crippen LogP contribution in [0.5, 0.6) is 5.75 Å². The second kappa shape index (κ2) is 10.5. The van der Waals surface area contributed by atoms with Crippen LogP contribution in [0.4, 0.5) is 5.69 Å². The number of halogens is 1. The van der Waals surface area contributed by atoms with Crippen molar-refractivity contribution in [3.63, 3.8) is 0 Å². The molecule has 0 radical (unpaired) electrons. The Hall–Kier alpha value is -1.75. The highest BCUT2D eigenvalue weighted by atomic mass is 35.5. The van der Waals surface area contributed by atoms with E-state index in [1.165, 1.54) is 49.2 Å². The molecule has 0 spiro atoms. The van der Waals surface area contributed by atoms with E-state index in [4.69, 9.17) is 16.3 Å².